The van der Waals surface area contributed by atoms with E-state index in [0.29, 0.717) is 0 Å². The SMILES string of the molecule is c1cc(-c2cc3ccccc3c3ccccc23)cc(N(c2ccc(-c3ccc4c(c3)oc3ccccc34)cc2)c2cccc3oc4ccccc4c23)c1. The molecule has 0 aliphatic carbocycles. The summed E-state index contributed by atoms with van der Waals surface area (Å²) in [6.07, 6.45) is 0. The van der Waals surface area contributed by atoms with Gasteiger partial charge >= 0.3 is 0 Å². The molecule has 53 heavy (non-hydrogen) atoms. The summed E-state index contributed by atoms with van der Waals surface area (Å²) < 4.78 is 12.6. The molecule has 11 rings (SSSR count). The van der Waals surface area contributed by atoms with Gasteiger partial charge in [-0.3, -0.25) is 0 Å². The average molecular weight is 678 g/mol. The highest BCUT2D eigenvalue weighted by molar-refractivity contribution is 6.15. The van der Waals surface area contributed by atoms with Crippen molar-refractivity contribution in [1.82, 2.24) is 0 Å². The lowest BCUT2D eigenvalue weighted by molar-refractivity contribution is 0.668. The maximum absolute atomic E-state index is 6.40. The molecule has 11 aromatic rings. The Morgan fingerprint density at radius 1 is 0.321 bits per heavy atom. The van der Waals surface area contributed by atoms with E-state index in [0.717, 1.165) is 77.6 Å². The summed E-state index contributed by atoms with van der Waals surface area (Å²) in [6.45, 7) is 0. The van der Waals surface area contributed by atoms with Gasteiger partial charge in [0.25, 0.3) is 0 Å². The Morgan fingerprint density at radius 3 is 1.79 bits per heavy atom. The summed E-state index contributed by atoms with van der Waals surface area (Å²) in [5.74, 6) is 0. The summed E-state index contributed by atoms with van der Waals surface area (Å²) in [5.41, 5.74) is 11.3. The molecule has 0 N–H and O–H groups in total. The maximum atomic E-state index is 6.40. The quantitative estimate of drug-likeness (QED) is 0.170. The second-order valence-electron chi connectivity index (χ2n) is 13.7. The van der Waals surface area contributed by atoms with E-state index in [-0.39, 0.29) is 0 Å². The summed E-state index contributed by atoms with van der Waals surface area (Å²) in [4.78, 5) is 2.36. The largest absolute Gasteiger partial charge is 0.456 e. The van der Waals surface area contributed by atoms with Gasteiger partial charge in [0.05, 0.1) is 11.1 Å². The predicted octanol–water partition coefficient (Wildman–Crippen LogP) is 14.6. The highest BCUT2D eigenvalue weighted by Crippen LogP contribution is 2.45. The lowest BCUT2D eigenvalue weighted by Gasteiger charge is -2.27. The maximum Gasteiger partial charge on any atom is 0.137 e. The monoisotopic (exact) mass is 677 g/mol. The summed E-state index contributed by atoms with van der Waals surface area (Å²) in [6, 6.07) is 66.9. The van der Waals surface area contributed by atoms with Crippen molar-refractivity contribution in [3.05, 3.63) is 188 Å². The molecular weight excluding hydrogens is 647 g/mol. The zero-order valence-corrected chi connectivity index (χ0v) is 28.7. The normalized spacial score (nSPS) is 11.8. The van der Waals surface area contributed by atoms with E-state index < -0.39 is 0 Å². The first-order chi connectivity index (χ1) is 26.3. The number of nitrogens with zero attached hydrogens (tertiary/aromatic N) is 1. The molecule has 248 valence electrons. The molecular formula is C50H31NO2. The molecule has 0 amide bonds. The number of para-hydroxylation sites is 2. The first-order valence-corrected chi connectivity index (χ1v) is 18.0. The highest BCUT2D eigenvalue weighted by atomic mass is 16.3. The minimum Gasteiger partial charge on any atom is -0.456 e. The number of anilines is 3. The fraction of sp³-hybridized carbons (Fsp3) is 0. The van der Waals surface area contributed by atoms with Crippen LogP contribution >= 0.6 is 0 Å². The molecule has 0 fully saturated rings. The van der Waals surface area contributed by atoms with Crippen molar-refractivity contribution in [1.29, 1.82) is 0 Å². The Balaban J connectivity index is 1.09. The van der Waals surface area contributed by atoms with Crippen molar-refractivity contribution in [2.24, 2.45) is 0 Å². The molecule has 0 saturated heterocycles. The predicted molar refractivity (Wildman–Crippen MR) is 222 cm³/mol. The lowest BCUT2D eigenvalue weighted by atomic mass is 9.93. The number of hydrogen-bond donors (Lipinski definition) is 0. The van der Waals surface area contributed by atoms with Crippen LogP contribution in [0.15, 0.2) is 197 Å². The molecule has 0 aliphatic heterocycles. The first-order valence-electron chi connectivity index (χ1n) is 18.0. The number of fused-ring (bicyclic) bond motifs is 9. The van der Waals surface area contributed by atoms with Gasteiger partial charge in [0.15, 0.2) is 0 Å². The van der Waals surface area contributed by atoms with Gasteiger partial charge in [0, 0.05) is 27.5 Å². The van der Waals surface area contributed by atoms with Crippen LogP contribution in [0.2, 0.25) is 0 Å². The Morgan fingerprint density at radius 2 is 0.943 bits per heavy atom. The van der Waals surface area contributed by atoms with Gasteiger partial charge in [0.2, 0.25) is 0 Å². The van der Waals surface area contributed by atoms with Crippen molar-refractivity contribution < 1.29 is 8.83 Å². The zero-order chi connectivity index (χ0) is 34.9. The molecule has 0 atom stereocenters. The molecule has 0 saturated carbocycles. The number of benzene rings is 9. The van der Waals surface area contributed by atoms with E-state index in [1.165, 1.54) is 27.1 Å². The number of furan rings is 2. The molecule has 3 nitrogen and oxygen atoms in total. The van der Waals surface area contributed by atoms with Crippen LogP contribution < -0.4 is 4.90 Å². The van der Waals surface area contributed by atoms with Crippen molar-refractivity contribution in [3.63, 3.8) is 0 Å². The molecule has 0 unspecified atom stereocenters. The van der Waals surface area contributed by atoms with Crippen LogP contribution in [0.5, 0.6) is 0 Å². The van der Waals surface area contributed by atoms with Crippen LogP contribution in [0.3, 0.4) is 0 Å². The number of rotatable bonds is 5. The molecule has 0 radical (unpaired) electrons. The third-order valence-electron chi connectivity index (χ3n) is 10.6. The minimum atomic E-state index is 0.862. The van der Waals surface area contributed by atoms with Crippen molar-refractivity contribution in [2.75, 3.05) is 4.90 Å². The number of hydrogen-bond acceptors (Lipinski definition) is 3. The van der Waals surface area contributed by atoms with E-state index in [1.54, 1.807) is 0 Å². The van der Waals surface area contributed by atoms with Crippen LogP contribution in [0.25, 0.3) is 87.7 Å². The molecule has 9 aromatic carbocycles. The molecule has 2 heterocycles. The van der Waals surface area contributed by atoms with Gasteiger partial charge < -0.3 is 13.7 Å². The summed E-state index contributed by atoms with van der Waals surface area (Å²) in [7, 11) is 0. The van der Waals surface area contributed by atoms with Crippen molar-refractivity contribution >= 4 is 82.5 Å². The van der Waals surface area contributed by atoms with E-state index >= 15 is 0 Å². The van der Waals surface area contributed by atoms with Gasteiger partial charge in [-0.25, -0.2) is 0 Å². The third-order valence-corrected chi connectivity index (χ3v) is 10.6. The van der Waals surface area contributed by atoms with E-state index in [2.05, 4.69) is 169 Å². The van der Waals surface area contributed by atoms with Crippen LogP contribution in [0.1, 0.15) is 0 Å². The lowest BCUT2D eigenvalue weighted by Crippen LogP contribution is -2.10. The Kier molecular flexibility index (Phi) is 6.55. The topological polar surface area (TPSA) is 29.5 Å². The standard InChI is InChI=1S/C50H31NO2/c1-2-14-38-35(11-1)30-44(40-16-4-3-15-39(38)40)34-12-9-13-37(29-34)51(45-19-10-22-48-50(45)43-18-6-8-21-47(43)52-48)36-26-23-32(24-27-36)33-25-28-42-41-17-5-7-20-46(41)53-49(42)31-33/h1-31H. The second kappa shape index (κ2) is 11.7. The van der Waals surface area contributed by atoms with Gasteiger partial charge in [-0.2, -0.15) is 0 Å². The molecule has 0 aliphatic rings. The van der Waals surface area contributed by atoms with Crippen LogP contribution in [0.4, 0.5) is 17.1 Å². The molecule has 0 bridgehead atoms. The Bertz CT molecular complexity index is 3180. The molecule has 0 spiro atoms. The minimum absolute atomic E-state index is 0.862. The Labute approximate surface area is 305 Å². The zero-order valence-electron chi connectivity index (χ0n) is 28.7. The Hall–Kier alpha value is -7.10. The van der Waals surface area contributed by atoms with E-state index in [4.69, 9.17) is 8.83 Å². The first kappa shape index (κ1) is 29.6. The van der Waals surface area contributed by atoms with Gasteiger partial charge in [-0.1, -0.05) is 121 Å². The van der Waals surface area contributed by atoms with Crippen LogP contribution in [0, 0.1) is 0 Å². The van der Waals surface area contributed by atoms with Crippen LogP contribution in [-0.4, -0.2) is 0 Å². The van der Waals surface area contributed by atoms with Gasteiger partial charge in [-0.05, 0) is 111 Å². The highest BCUT2D eigenvalue weighted by Gasteiger charge is 2.20. The van der Waals surface area contributed by atoms with Crippen LogP contribution in [-0.2, 0) is 0 Å². The van der Waals surface area contributed by atoms with Crippen molar-refractivity contribution in [3.8, 4) is 22.3 Å². The van der Waals surface area contributed by atoms with Gasteiger partial charge in [0.1, 0.15) is 22.3 Å². The molecule has 3 heteroatoms. The average Bonchev–Trinajstić information content (AvgIpc) is 3.80. The van der Waals surface area contributed by atoms with Gasteiger partial charge in [-0.15, -0.1) is 0 Å². The van der Waals surface area contributed by atoms with E-state index in [1.807, 2.05) is 24.3 Å². The van der Waals surface area contributed by atoms with Crippen molar-refractivity contribution in [2.45, 2.75) is 0 Å². The fourth-order valence-electron chi connectivity index (χ4n) is 8.18. The second-order valence-corrected chi connectivity index (χ2v) is 13.7. The summed E-state index contributed by atoms with van der Waals surface area (Å²) >= 11 is 0. The smallest absolute Gasteiger partial charge is 0.137 e. The molecule has 2 aromatic heterocycles. The fourth-order valence-corrected chi connectivity index (χ4v) is 8.18. The van der Waals surface area contributed by atoms with E-state index in [9.17, 15) is 0 Å². The third kappa shape index (κ3) is 4.75. The summed E-state index contributed by atoms with van der Waals surface area (Å²) in [5, 5.41) is 9.45.